The molecule has 0 N–H and O–H groups in total. The molecule has 2 rings (SSSR count). The van der Waals surface area contributed by atoms with E-state index in [0.717, 1.165) is 41.7 Å². The van der Waals surface area contributed by atoms with E-state index in [1.54, 1.807) is 0 Å². The van der Waals surface area contributed by atoms with Crippen molar-refractivity contribution in [2.24, 2.45) is 29.6 Å². The van der Waals surface area contributed by atoms with Gasteiger partial charge in [-0.2, -0.15) is 0 Å². The van der Waals surface area contributed by atoms with Crippen LogP contribution in [0.4, 0.5) is 0 Å². The van der Waals surface area contributed by atoms with Crippen LogP contribution >= 0.6 is 0 Å². The molecule has 118 valence electrons. The third kappa shape index (κ3) is 3.59. The van der Waals surface area contributed by atoms with Crippen LogP contribution in [0.3, 0.4) is 0 Å². The fourth-order valence-electron chi connectivity index (χ4n) is 4.49. The van der Waals surface area contributed by atoms with Crippen molar-refractivity contribution in [3.63, 3.8) is 0 Å². The predicted molar refractivity (Wildman–Crippen MR) is 88.9 cm³/mol. The lowest BCUT2D eigenvalue weighted by Crippen LogP contribution is -2.48. The monoisotopic (exact) mass is 279 g/mol. The summed E-state index contributed by atoms with van der Waals surface area (Å²) in [6.45, 7) is 12.1. The fraction of sp³-hybridized carbons (Fsp3) is 1.00. The highest BCUT2D eigenvalue weighted by atomic mass is 15.2. The SMILES string of the molecule is CC(C)C1CCC(N(C)C(C)C2CC(C(C)C)C2)CC1. The molecule has 0 saturated heterocycles. The van der Waals surface area contributed by atoms with E-state index in [-0.39, 0.29) is 0 Å². The number of rotatable bonds is 5. The first-order valence-electron chi connectivity index (χ1n) is 9.12. The highest BCUT2D eigenvalue weighted by molar-refractivity contribution is 4.90. The van der Waals surface area contributed by atoms with Gasteiger partial charge in [0.1, 0.15) is 0 Å². The van der Waals surface area contributed by atoms with Gasteiger partial charge in [-0.3, -0.25) is 0 Å². The van der Waals surface area contributed by atoms with Gasteiger partial charge in [-0.05, 0) is 82.1 Å². The third-order valence-corrected chi connectivity index (χ3v) is 6.74. The van der Waals surface area contributed by atoms with Gasteiger partial charge >= 0.3 is 0 Å². The van der Waals surface area contributed by atoms with Crippen molar-refractivity contribution < 1.29 is 0 Å². The van der Waals surface area contributed by atoms with Gasteiger partial charge < -0.3 is 4.90 Å². The summed E-state index contributed by atoms with van der Waals surface area (Å²) >= 11 is 0. The van der Waals surface area contributed by atoms with Gasteiger partial charge in [-0.15, -0.1) is 0 Å². The Kier molecular flexibility index (Phi) is 5.56. The predicted octanol–water partition coefficient (Wildman–Crippen LogP) is 5.20. The molecule has 0 heterocycles. The van der Waals surface area contributed by atoms with Crippen LogP contribution in [0.1, 0.15) is 73.1 Å². The maximum atomic E-state index is 2.73. The van der Waals surface area contributed by atoms with Gasteiger partial charge in [-0.1, -0.05) is 27.7 Å². The average molecular weight is 280 g/mol. The zero-order valence-corrected chi connectivity index (χ0v) is 14.7. The van der Waals surface area contributed by atoms with E-state index in [2.05, 4.69) is 46.6 Å². The van der Waals surface area contributed by atoms with E-state index in [1.165, 1.54) is 38.5 Å². The van der Waals surface area contributed by atoms with Crippen LogP contribution in [0.15, 0.2) is 0 Å². The second-order valence-corrected chi connectivity index (χ2v) is 8.45. The Labute approximate surface area is 127 Å². The summed E-state index contributed by atoms with van der Waals surface area (Å²) in [7, 11) is 2.40. The summed E-state index contributed by atoms with van der Waals surface area (Å²) in [4.78, 5) is 2.73. The second kappa shape index (κ2) is 6.81. The maximum absolute atomic E-state index is 2.73. The largest absolute Gasteiger partial charge is 0.300 e. The van der Waals surface area contributed by atoms with E-state index >= 15 is 0 Å². The second-order valence-electron chi connectivity index (χ2n) is 8.45. The number of hydrogen-bond acceptors (Lipinski definition) is 1. The number of hydrogen-bond donors (Lipinski definition) is 0. The lowest BCUT2D eigenvalue weighted by molar-refractivity contribution is 0.0251. The topological polar surface area (TPSA) is 3.24 Å². The summed E-state index contributed by atoms with van der Waals surface area (Å²) in [5.41, 5.74) is 0. The zero-order chi connectivity index (χ0) is 14.9. The summed E-state index contributed by atoms with van der Waals surface area (Å²) in [6.07, 6.45) is 8.74. The molecule has 2 fully saturated rings. The van der Waals surface area contributed by atoms with E-state index in [4.69, 9.17) is 0 Å². The summed E-state index contributed by atoms with van der Waals surface area (Å²) in [5, 5.41) is 0. The van der Waals surface area contributed by atoms with Crippen LogP contribution in [-0.4, -0.2) is 24.0 Å². The first kappa shape index (κ1) is 16.3. The van der Waals surface area contributed by atoms with Crippen molar-refractivity contribution in [3.8, 4) is 0 Å². The molecular weight excluding hydrogens is 242 g/mol. The van der Waals surface area contributed by atoms with Crippen molar-refractivity contribution in [3.05, 3.63) is 0 Å². The number of nitrogens with zero attached hydrogens (tertiary/aromatic N) is 1. The van der Waals surface area contributed by atoms with Crippen LogP contribution in [0.5, 0.6) is 0 Å². The summed E-state index contributed by atoms with van der Waals surface area (Å²) in [6, 6.07) is 1.66. The smallest absolute Gasteiger partial charge is 0.00953 e. The average Bonchev–Trinajstić information content (AvgIpc) is 2.35. The molecule has 0 aliphatic heterocycles. The van der Waals surface area contributed by atoms with Crippen LogP contribution < -0.4 is 0 Å². The Morgan fingerprint density at radius 1 is 0.700 bits per heavy atom. The van der Waals surface area contributed by atoms with Gasteiger partial charge in [0.15, 0.2) is 0 Å². The van der Waals surface area contributed by atoms with Gasteiger partial charge in [0.05, 0.1) is 0 Å². The molecule has 0 radical (unpaired) electrons. The van der Waals surface area contributed by atoms with Gasteiger partial charge in [0.25, 0.3) is 0 Å². The molecule has 0 aromatic rings. The van der Waals surface area contributed by atoms with Gasteiger partial charge in [0, 0.05) is 12.1 Å². The molecule has 0 spiro atoms. The minimum Gasteiger partial charge on any atom is -0.300 e. The van der Waals surface area contributed by atoms with Gasteiger partial charge in [-0.25, -0.2) is 0 Å². The minimum absolute atomic E-state index is 0.797. The van der Waals surface area contributed by atoms with E-state index in [1.807, 2.05) is 0 Å². The Hall–Kier alpha value is -0.0400. The highest BCUT2D eigenvalue weighted by Crippen LogP contribution is 2.43. The first-order valence-corrected chi connectivity index (χ1v) is 9.12. The highest BCUT2D eigenvalue weighted by Gasteiger charge is 2.38. The summed E-state index contributed by atoms with van der Waals surface area (Å²) in [5.74, 6) is 4.74. The Bertz CT molecular complexity index is 280. The van der Waals surface area contributed by atoms with E-state index in [9.17, 15) is 0 Å². The minimum atomic E-state index is 0.797. The van der Waals surface area contributed by atoms with Gasteiger partial charge in [0.2, 0.25) is 0 Å². The molecule has 0 aromatic heterocycles. The van der Waals surface area contributed by atoms with Crippen LogP contribution in [0, 0.1) is 29.6 Å². The Morgan fingerprint density at radius 3 is 1.65 bits per heavy atom. The van der Waals surface area contributed by atoms with Crippen LogP contribution in [-0.2, 0) is 0 Å². The molecule has 20 heavy (non-hydrogen) atoms. The van der Waals surface area contributed by atoms with Crippen LogP contribution in [0.2, 0.25) is 0 Å². The van der Waals surface area contributed by atoms with Crippen molar-refractivity contribution >= 4 is 0 Å². The van der Waals surface area contributed by atoms with Crippen molar-refractivity contribution in [2.75, 3.05) is 7.05 Å². The van der Waals surface area contributed by atoms with Crippen LogP contribution in [0.25, 0.3) is 0 Å². The molecule has 2 saturated carbocycles. The quantitative estimate of drug-likeness (QED) is 0.668. The molecular formula is C19H37N. The molecule has 1 heteroatoms. The normalized spacial score (nSPS) is 36.5. The fourth-order valence-corrected chi connectivity index (χ4v) is 4.49. The third-order valence-electron chi connectivity index (χ3n) is 6.74. The zero-order valence-electron chi connectivity index (χ0n) is 14.7. The molecule has 0 amide bonds. The molecule has 1 nitrogen and oxygen atoms in total. The lowest BCUT2D eigenvalue weighted by Gasteiger charge is -2.47. The van der Waals surface area contributed by atoms with E-state index < -0.39 is 0 Å². The molecule has 2 aliphatic carbocycles. The molecule has 0 aromatic carbocycles. The molecule has 0 bridgehead atoms. The first-order chi connectivity index (χ1) is 9.40. The standard InChI is InChI=1S/C19H37N/c1-13(2)16-7-9-19(10-8-16)20(6)15(5)18-11-17(12-18)14(3)4/h13-19H,7-12H2,1-6H3. The molecule has 2 aliphatic rings. The van der Waals surface area contributed by atoms with E-state index in [0.29, 0.717) is 0 Å². The Balaban J connectivity index is 1.76. The lowest BCUT2D eigenvalue weighted by atomic mass is 9.66. The summed E-state index contributed by atoms with van der Waals surface area (Å²) < 4.78 is 0. The van der Waals surface area contributed by atoms with Crippen molar-refractivity contribution in [1.29, 1.82) is 0 Å². The van der Waals surface area contributed by atoms with Crippen molar-refractivity contribution in [2.45, 2.75) is 85.2 Å². The maximum Gasteiger partial charge on any atom is 0.00953 e. The molecule has 1 atom stereocenters. The molecule has 1 unspecified atom stereocenters. The Morgan fingerprint density at radius 2 is 1.20 bits per heavy atom. The van der Waals surface area contributed by atoms with Crippen molar-refractivity contribution in [1.82, 2.24) is 4.90 Å².